The zero-order valence-electron chi connectivity index (χ0n) is 11.5. The second-order valence-corrected chi connectivity index (χ2v) is 5.91. The first-order chi connectivity index (χ1) is 9.45. The molecule has 20 heavy (non-hydrogen) atoms. The maximum atomic E-state index is 12.4. The van der Waals surface area contributed by atoms with E-state index in [-0.39, 0.29) is 11.8 Å². The summed E-state index contributed by atoms with van der Waals surface area (Å²) >= 11 is 1.14. The number of amides is 2. The number of aromatic nitrogens is 1. The Balaban J connectivity index is 2.06. The van der Waals surface area contributed by atoms with Crippen molar-refractivity contribution < 1.29 is 14.7 Å². The monoisotopic (exact) mass is 298 g/mol. The first-order valence-corrected chi connectivity index (χ1v) is 7.16. The number of carbonyl (C=O) groups is 2. The highest BCUT2D eigenvalue weighted by molar-refractivity contribution is 7.17. The molecule has 2 amide bonds. The minimum Gasteiger partial charge on any atom is -0.390 e. The number of hydrogen-bond acceptors (Lipinski definition) is 6. The smallest absolute Gasteiger partial charge is 0.265 e. The molecule has 110 valence electrons. The Labute approximate surface area is 121 Å². The summed E-state index contributed by atoms with van der Waals surface area (Å²) in [5.74, 6) is -0.376. The molecule has 0 spiro atoms. The highest BCUT2D eigenvalue weighted by Crippen LogP contribution is 2.20. The van der Waals surface area contributed by atoms with E-state index in [1.807, 2.05) is 11.9 Å². The molecule has 2 N–H and O–H groups in total. The predicted molar refractivity (Wildman–Crippen MR) is 75.8 cm³/mol. The number of nitrogens with one attached hydrogen (secondary N) is 1. The lowest BCUT2D eigenvalue weighted by Crippen LogP contribution is -2.37. The van der Waals surface area contributed by atoms with E-state index < -0.39 is 6.10 Å². The van der Waals surface area contributed by atoms with Crippen molar-refractivity contribution in [3.8, 4) is 0 Å². The second kappa shape index (κ2) is 6.29. The molecule has 1 unspecified atom stereocenters. The third-order valence-corrected chi connectivity index (χ3v) is 3.89. The van der Waals surface area contributed by atoms with Gasteiger partial charge in [-0.2, -0.15) is 0 Å². The molecule has 1 fully saturated rings. The number of aliphatic hydroxyl groups is 1. The molecular formula is C12H18N4O3S. The molecule has 2 heterocycles. The third kappa shape index (κ3) is 3.75. The van der Waals surface area contributed by atoms with Crippen LogP contribution in [-0.4, -0.2) is 71.0 Å². The number of nitrogens with zero attached hydrogens (tertiary/aromatic N) is 3. The lowest BCUT2D eigenvalue weighted by molar-refractivity contribution is -0.114. The molecule has 1 aromatic rings. The molecule has 0 saturated carbocycles. The van der Waals surface area contributed by atoms with Gasteiger partial charge < -0.3 is 20.2 Å². The number of likely N-dealkylation sites (N-methyl/N-ethyl adjacent to an activating group) is 1. The van der Waals surface area contributed by atoms with Gasteiger partial charge in [-0.1, -0.05) is 11.3 Å². The Morgan fingerprint density at radius 2 is 2.20 bits per heavy atom. The van der Waals surface area contributed by atoms with Gasteiger partial charge in [0.25, 0.3) is 5.91 Å². The summed E-state index contributed by atoms with van der Waals surface area (Å²) in [5.41, 5.74) is 0. The molecule has 0 aromatic carbocycles. The number of thiazole rings is 1. The fourth-order valence-electron chi connectivity index (χ4n) is 2.07. The van der Waals surface area contributed by atoms with Gasteiger partial charge in [-0.3, -0.25) is 9.59 Å². The molecule has 2 rings (SSSR count). The summed E-state index contributed by atoms with van der Waals surface area (Å²) in [6.07, 6.45) is 0.911. The van der Waals surface area contributed by atoms with Crippen molar-refractivity contribution in [2.45, 2.75) is 13.0 Å². The summed E-state index contributed by atoms with van der Waals surface area (Å²) in [7, 11) is 1.92. The number of β-amino-alcohol motifs (C(OH)–C–C–N with tert-alkyl or cyclic N) is 1. The maximum absolute atomic E-state index is 12.4. The van der Waals surface area contributed by atoms with Crippen LogP contribution >= 0.6 is 11.3 Å². The van der Waals surface area contributed by atoms with Crippen molar-refractivity contribution >= 4 is 28.3 Å². The van der Waals surface area contributed by atoms with Crippen molar-refractivity contribution in [1.29, 1.82) is 0 Å². The highest BCUT2D eigenvalue weighted by atomic mass is 32.1. The largest absolute Gasteiger partial charge is 0.390 e. The van der Waals surface area contributed by atoms with Crippen molar-refractivity contribution in [2.24, 2.45) is 0 Å². The van der Waals surface area contributed by atoms with E-state index in [1.165, 1.54) is 13.1 Å². The summed E-state index contributed by atoms with van der Waals surface area (Å²) in [4.78, 5) is 31.4. The standard InChI is InChI=1S/C12H18N4O3S/c1-8(17)14-12-13-5-10(20-12)11(19)16-4-3-15(2)6-9(18)7-16/h5,9,18H,3-4,6-7H2,1-2H3,(H,13,14,17). The van der Waals surface area contributed by atoms with Crippen LogP contribution in [-0.2, 0) is 4.79 Å². The minimum absolute atomic E-state index is 0.159. The molecule has 1 aromatic heterocycles. The van der Waals surface area contributed by atoms with E-state index in [0.29, 0.717) is 29.6 Å². The highest BCUT2D eigenvalue weighted by Gasteiger charge is 2.25. The van der Waals surface area contributed by atoms with Gasteiger partial charge in [0.05, 0.1) is 12.3 Å². The molecular weight excluding hydrogens is 280 g/mol. The quantitative estimate of drug-likeness (QED) is 0.793. The third-order valence-electron chi connectivity index (χ3n) is 2.99. The molecule has 0 aliphatic carbocycles. The van der Waals surface area contributed by atoms with Crippen LogP contribution in [0.5, 0.6) is 0 Å². The van der Waals surface area contributed by atoms with Crippen molar-refractivity contribution in [3.05, 3.63) is 11.1 Å². The van der Waals surface area contributed by atoms with E-state index in [1.54, 1.807) is 4.90 Å². The Morgan fingerprint density at radius 3 is 2.90 bits per heavy atom. The lowest BCUT2D eigenvalue weighted by Gasteiger charge is -2.20. The molecule has 7 nitrogen and oxygen atoms in total. The van der Waals surface area contributed by atoms with Crippen LogP contribution in [0.4, 0.5) is 5.13 Å². The van der Waals surface area contributed by atoms with Gasteiger partial charge in [0, 0.05) is 33.1 Å². The van der Waals surface area contributed by atoms with E-state index in [0.717, 1.165) is 17.9 Å². The molecule has 8 heteroatoms. The van der Waals surface area contributed by atoms with E-state index in [9.17, 15) is 14.7 Å². The summed E-state index contributed by atoms with van der Waals surface area (Å²) < 4.78 is 0. The Bertz CT molecular complexity index is 505. The normalized spacial score (nSPS) is 20.6. The Morgan fingerprint density at radius 1 is 1.45 bits per heavy atom. The lowest BCUT2D eigenvalue weighted by atomic mass is 10.3. The van der Waals surface area contributed by atoms with Crippen molar-refractivity contribution in [1.82, 2.24) is 14.8 Å². The van der Waals surface area contributed by atoms with Gasteiger partial charge in [0.1, 0.15) is 4.88 Å². The topological polar surface area (TPSA) is 85.8 Å². The first-order valence-electron chi connectivity index (χ1n) is 6.35. The van der Waals surface area contributed by atoms with E-state index in [4.69, 9.17) is 0 Å². The van der Waals surface area contributed by atoms with Crippen molar-refractivity contribution in [2.75, 3.05) is 38.5 Å². The summed E-state index contributed by atoms with van der Waals surface area (Å²) in [6.45, 7) is 3.56. The Hall–Kier alpha value is -1.51. The zero-order chi connectivity index (χ0) is 14.7. The summed E-state index contributed by atoms with van der Waals surface area (Å²) in [5, 5.41) is 12.8. The van der Waals surface area contributed by atoms with Crippen LogP contribution in [0.15, 0.2) is 6.20 Å². The number of anilines is 1. The fourth-order valence-corrected chi connectivity index (χ4v) is 2.90. The van der Waals surface area contributed by atoms with Gasteiger partial charge in [-0.05, 0) is 7.05 Å². The van der Waals surface area contributed by atoms with Crippen LogP contribution < -0.4 is 5.32 Å². The SMILES string of the molecule is CC(=O)Nc1ncc(C(=O)N2CCN(C)CC(O)C2)s1. The maximum Gasteiger partial charge on any atom is 0.265 e. The van der Waals surface area contributed by atoms with Crippen LogP contribution in [0.3, 0.4) is 0 Å². The van der Waals surface area contributed by atoms with Crippen LogP contribution in [0.2, 0.25) is 0 Å². The number of rotatable bonds is 2. The predicted octanol–water partition coefficient (Wildman–Crippen LogP) is -0.150. The van der Waals surface area contributed by atoms with Gasteiger partial charge in [0.15, 0.2) is 5.13 Å². The van der Waals surface area contributed by atoms with Gasteiger partial charge in [-0.15, -0.1) is 0 Å². The molecule has 1 saturated heterocycles. The number of hydrogen-bond donors (Lipinski definition) is 2. The van der Waals surface area contributed by atoms with Crippen LogP contribution in [0.1, 0.15) is 16.6 Å². The molecule has 1 atom stereocenters. The fraction of sp³-hybridized carbons (Fsp3) is 0.583. The molecule has 1 aliphatic rings. The first kappa shape index (κ1) is 14.9. The average molecular weight is 298 g/mol. The van der Waals surface area contributed by atoms with Gasteiger partial charge in [0.2, 0.25) is 5.91 Å². The van der Waals surface area contributed by atoms with Gasteiger partial charge in [-0.25, -0.2) is 4.98 Å². The number of carbonyl (C=O) groups excluding carboxylic acids is 2. The van der Waals surface area contributed by atoms with Crippen molar-refractivity contribution in [3.63, 3.8) is 0 Å². The zero-order valence-corrected chi connectivity index (χ0v) is 12.3. The second-order valence-electron chi connectivity index (χ2n) is 4.88. The number of aliphatic hydroxyl groups excluding tert-OH is 1. The van der Waals surface area contributed by atoms with E-state index >= 15 is 0 Å². The van der Waals surface area contributed by atoms with Crippen LogP contribution in [0, 0.1) is 0 Å². The molecule has 0 bridgehead atoms. The average Bonchev–Trinajstić information content (AvgIpc) is 2.73. The van der Waals surface area contributed by atoms with Crippen LogP contribution in [0.25, 0.3) is 0 Å². The van der Waals surface area contributed by atoms with Gasteiger partial charge >= 0.3 is 0 Å². The molecule has 1 aliphatic heterocycles. The summed E-state index contributed by atoms with van der Waals surface area (Å²) in [6, 6.07) is 0. The van der Waals surface area contributed by atoms with E-state index in [2.05, 4.69) is 10.3 Å². The Kier molecular flexibility index (Phi) is 4.69. The molecule has 0 radical (unpaired) electrons. The minimum atomic E-state index is -0.547.